The van der Waals surface area contributed by atoms with Gasteiger partial charge in [-0.25, -0.2) is 0 Å². The Morgan fingerprint density at radius 2 is 2.14 bits per heavy atom. The Labute approximate surface area is 85.4 Å². The van der Waals surface area contributed by atoms with Crippen LogP contribution in [0.3, 0.4) is 0 Å². The lowest BCUT2D eigenvalue weighted by Crippen LogP contribution is -2.38. The summed E-state index contributed by atoms with van der Waals surface area (Å²) in [6, 6.07) is 10.9. The number of nitrogens with zero attached hydrogens (tertiary/aromatic N) is 1. The molecule has 14 heavy (non-hydrogen) atoms. The maximum absolute atomic E-state index is 9.25. The highest BCUT2D eigenvalue weighted by atomic mass is 14.5. The second-order valence-corrected chi connectivity index (χ2v) is 4.58. The molecule has 0 saturated heterocycles. The Bertz CT molecular complexity index is 380. The van der Waals surface area contributed by atoms with E-state index in [4.69, 9.17) is 0 Å². The fourth-order valence-electron chi connectivity index (χ4n) is 2.46. The second-order valence-electron chi connectivity index (χ2n) is 4.58. The largest absolute Gasteiger partial charge is 0.197 e. The molecule has 1 saturated carbocycles. The first kappa shape index (κ1) is 9.27. The molecule has 1 aliphatic carbocycles. The molecule has 0 N–H and O–H groups in total. The van der Waals surface area contributed by atoms with Crippen LogP contribution in [0.25, 0.3) is 0 Å². The molecule has 0 radical (unpaired) electrons. The summed E-state index contributed by atoms with van der Waals surface area (Å²) in [6.07, 6.45) is 2.04. The lowest BCUT2D eigenvalue weighted by Gasteiger charge is -2.41. The molecular weight excluding hydrogens is 170 g/mol. The molecule has 0 aliphatic heterocycles. The van der Waals surface area contributed by atoms with Crippen LogP contribution in [0.4, 0.5) is 0 Å². The third-order valence-electron chi connectivity index (χ3n) is 3.18. The zero-order chi connectivity index (χ0) is 10.2. The molecule has 1 aromatic carbocycles. The molecular formula is C13H15N. The van der Waals surface area contributed by atoms with Crippen molar-refractivity contribution in [3.8, 4) is 6.07 Å². The molecule has 1 fully saturated rings. The van der Waals surface area contributed by atoms with Crippen LogP contribution in [0.1, 0.15) is 30.9 Å². The predicted molar refractivity (Wildman–Crippen MR) is 56.9 cm³/mol. The zero-order valence-corrected chi connectivity index (χ0v) is 8.75. The third kappa shape index (κ3) is 1.32. The van der Waals surface area contributed by atoms with Gasteiger partial charge in [0.2, 0.25) is 0 Å². The standard InChI is InChI=1S/C13H15N/c1-10-4-3-5-12(6-10)13(9-14)7-11(2)8-13/h3-6,11H,7-8H2,1-2H3. The van der Waals surface area contributed by atoms with Crippen LogP contribution in [0.2, 0.25) is 0 Å². The highest BCUT2D eigenvalue weighted by Crippen LogP contribution is 2.47. The lowest BCUT2D eigenvalue weighted by atomic mass is 9.60. The molecule has 1 heteroatoms. The van der Waals surface area contributed by atoms with E-state index >= 15 is 0 Å². The van der Waals surface area contributed by atoms with Gasteiger partial charge in [0.25, 0.3) is 0 Å². The van der Waals surface area contributed by atoms with Crippen molar-refractivity contribution < 1.29 is 0 Å². The first-order valence-electron chi connectivity index (χ1n) is 5.15. The van der Waals surface area contributed by atoms with E-state index in [0.717, 1.165) is 12.8 Å². The highest BCUT2D eigenvalue weighted by molar-refractivity contribution is 5.37. The van der Waals surface area contributed by atoms with Crippen LogP contribution in [0, 0.1) is 24.2 Å². The summed E-state index contributed by atoms with van der Waals surface area (Å²) in [5.74, 6) is 0.704. The van der Waals surface area contributed by atoms with Gasteiger partial charge in [-0.15, -0.1) is 0 Å². The van der Waals surface area contributed by atoms with Gasteiger partial charge in [-0.1, -0.05) is 36.8 Å². The van der Waals surface area contributed by atoms with Crippen molar-refractivity contribution in [1.29, 1.82) is 5.26 Å². The van der Waals surface area contributed by atoms with Crippen molar-refractivity contribution in [3.05, 3.63) is 35.4 Å². The SMILES string of the molecule is Cc1cccc(C2(C#N)CC(C)C2)c1. The van der Waals surface area contributed by atoms with E-state index in [1.54, 1.807) is 0 Å². The smallest absolute Gasteiger partial charge is 0.0827 e. The molecule has 0 unspecified atom stereocenters. The van der Waals surface area contributed by atoms with Gasteiger partial charge in [0.1, 0.15) is 0 Å². The molecule has 1 aromatic rings. The molecule has 1 aliphatic rings. The monoisotopic (exact) mass is 185 g/mol. The van der Waals surface area contributed by atoms with Crippen LogP contribution >= 0.6 is 0 Å². The number of rotatable bonds is 1. The van der Waals surface area contributed by atoms with Crippen LogP contribution in [0.15, 0.2) is 24.3 Å². The molecule has 0 heterocycles. The maximum atomic E-state index is 9.25. The minimum absolute atomic E-state index is 0.175. The third-order valence-corrected chi connectivity index (χ3v) is 3.18. The van der Waals surface area contributed by atoms with E-state index in [-0.39, 0.29) is 5.41 Å². The molecule has 72 valence electrons. The molecule has 0 amide bonds. The van der Waals surface area contributed by atoms with Crippen molar-refractivity contribution in [2.24, 2.45) is 5.92 Å². The van der Waals surface area contributed by atoms with Gasteiger partial charge in [-0.3, -0.25) is 0 Å². The van der Waals surface area contributed by atoms with Gasteiger partial charge < -0.3 is 0 Å². The van der Waals surface area contributed by atoms with E-state index in [2.05, 4.69) is 38.1 Å². The quantitative estimate of drug-likeness (QED) is 0.659. The van der Waals surface area contributed by atoms with Crippen LogP contribution in [-0.4, -0.2) is 0 Å². The van der Waals surface area contributed by atoms with Gasteiger partial charge in [0.05, 0.1) is 11.5 Å². The summed E-state index contributed by atoms with van der Waals surface area (Å²) < 4.78 is 0. The number of hydrogen-bond donors (Lipinski definition) is 0. The van der Waals surface area contributed by atoms with Gasteiger partial charge >= 0.3 is 0 Å². The van der Waals surface area contributed by atoms with E-state index in [1.807, 2.05) is 6.07 Å². The van der Waals surface area contributed by atoms with E-state index in [0.29, 0.717) is 5.92 Å². The molecule has 0 spiro atoms. The van der Waals surface area contributed by atoms with Crippen LogP contribution < -0.4 is 0 Å². The normalized spacial score (nSPS) is 30.5. The first-order valence-corrected chi connectivity index (χ1v) is 5.15. The molecule has 2 rings (SSSR count). The van der Waals surface area contributed by atoms with E-state index in [1.165, 1.54) is 11.1 Å². The number of hydrogen-bond acceptors (Lipinski definition) is 1. The van der Waals surface area contributed by atoms with Gasteiger partial charge in [0, 0.05) is 0 Å². The van der Waals surface area contributed by atoms with E-state index in [9.17, 15) is 5.26 Å². The highest BCUT2D eigenvalue weighted by Gasteiger charge is 2.43. The summed E-state index contributed by atoms with van der Waals surface area (Å²) in [6.45, 7) is 4.29. The Morgan fingerprint density at radius 3 is 2.64 bits per heavy atom. The van der Waals surface area contributed by atoms with Gasteiger partial charge in [-0.05, 0) is 31.2 Å². The molecule has 0 atom stereocenters. The first-order chi connectivity index (χ1) is 6.66. The molecule has 0 aromatic heterocycles. The number of benzene rings is 1. The number of aryl methyl sites for hydroxylation is 1. The topological polar surface area (TPSA) is 23.8 Å². The fraction of sp³-hybridized carbons (Fsp3) is 0.462. The average molecular weight is 185 g/mol. The lowest BCUT2D eigenvalue weighted by molar-refractivity contribution is 0.217. The molecule has 0 bridgehead atoms. The maximum Gasteiger partial charge on any atom is 0.0827 e. The summed E-state index contributed by atoms with van der Waals surface area (Å²) in [4.78, 5) is 0. The fourth-order valence-corrected chi connectivity index (χ4v) is 2.46. The second kappa shape index (κ2) is 3.13. The van der Waals surface area contributed by atoms with Crippen molar-refractivity contribution in [2.75, 3.05) is 0 Å². The minimum Gasteiger partial charge on any atom is -0.197 e. The van der Waals surface area contributed by atoms with Crippen molar-refractivity contribution >= 4 is 0 Å². The van der Waals surface area contributed by atoms with Crippen LogP contribution in [0.5, 0.6) is 0 Å². The average Bonchev–Trinajstić information content (AvgIpc) is 2.12. The summed E-state index contributed by atoms with van der Waals surface area (Å²) in [7, 11) is 0. The minimum atomic E-state index is -0.175. The molecule has 1 nitrogen and oxygen atoms in total. The summed E-state index contributed by atoms with van der Waals surface area (Å²) in [5.41, 5.74) is 2.28. The Kier molecular flexibility index (Phi) is 2.07. The Morgan fingerprint density at radius 1 is 1.43 bits per heavy atom. The predicted octanol–water partition coefficient (Wildman–Crippen LogP) is 3.19. The van der Waals surface area contributed by atoms with Crippen LogP contribution in [-0.2, 0) is 5.41 Å². The van der Waals surface area contributed by atoms with Crippen molar-refractivity contribution in [3.63, 3.8) is 0 Å². The van der Waals surface area contributed by atoms with Crippen molar-refractivity contribution in [1.82, 2.24) is 0 Å². The number of nitriles is 1. The Hall–Kier alpha value is -1.29. The van der Waals surface area contributed by atoms with Crippen molar-refractivity contribution in [2.45, 2.75) is 32.1 Å². The van der Waals surface area contributed by atoms with Gasteiger partial charge in [-0.2, -0.15) is 5.26 Å². The van der Waals surface area contributed by atoms with E-state index < -0.39 is 0 Å². The zero-order valence-electron chi connectivity index (χ0n) is 8.75. The summed E-state index contributed by atoms with van der Waals surface area (Å²) in [5, 5.41) is 9.25. The summed E-state index contributed by atoms with van der Waals surface area (Å²) >= 11 is 0. The Balaban J connectivity index is 2.35. The van der Waals surface area contributed by atoms with Gasteiger partial charge in [0.15, 0.2) is 0 Å².